The number of aromatic nitrogens is 1. The second-order valence-electron chi connectivity index (χ2n) is 3.81. The molecule has 16 heavy (non-hydrogen) atoms. The largest absolute Gasteiger partial charge is 0.462 e. The number of carbonyl (C=O) groups excluding carboxylic acids is 1. The SMILES string of the molecule is CC(C)CCOC(=O)c1cc(F)cnc1Cl. The van der Waals surface area contributed by atoms with E-state index in [2.05, 4.69) is 4.98 Å². The molecule has 0 aliphatic heterocycles. The molecule has 0 aliphatic carbocycles. The van der Waals surface area contributed by atoms with Gasteiger partial charge < -0.3 is 4.74 Å². The molecule has 0 saturated carbocycles. The molecule has 0 amide bonds. The molecule has 1 rings (SSSR count). The van der Waals surface area contributed by atoms with Gasteiger partial charge in [0, 0.05) is 0 Å². The van der Waals surface area contributed by atoms with Crippen LogP contribution in [0.4, 0.5) is 4.39 Å². The highest BCUT2D eigenvalue weighted by molar-refractivity contribution is 6.32. The minimum Gasteiger partial charge on any atom is -0.462 e. The van der Waals surface area contributed by atoms with Crippen molar-refractivity contribution < 1.29 is 13.9 Å². The zero-order valence-corrected chi connectivity index (χ0v) is 9.92. The summed E-state index contributed by atoms with van der Waals surface area (Å²) in [7, 11) is 0. The number of rotatable bonds is 4. The zero-order chi connectivity index (χ0) is 12.1. The van der Waals surface area contributed by atoms with Crippen LogP contribution in [0.2, 0.25) is 5.15 Å². The van der Waals surface area contributed by atoms with Crippen molar-refractivity contribution in [1.29, 1.82) is 0 Å². The van der Waals surface area contributed by atoms with Crippen LogP contribution in [0.5, 0.6) is 0 Å². The van der Waals surface area contributed by atoms with E-state index in [-0.39, 0.29) is 10.7 Å². The Morgan fingerprint density at radius 1 is 1.62 bits per heavy atom. The quantitative estimate of drug-likeness (QED) is 0.605. The number of pyridine rings is 1. The van der Waals surface area contributed by atoms with Crippen LogP contribution in [-0.4, -0.2) is 17.6 Å². The summed E-state index contributed by atoms with van der Waals surface area (Å²) in [6.45, 7) is 4.33. The Hall–Kier alpha value is -1.16. The van der Waals surface area contributed by atoms with Gasteiger partial charge in [-0.25, -0.2) is 14.2 Å². The predicted molar refractivity (Wildman–Crippen MR) is 58.9 cm³/mol. The lowest BCUT2D eigenvalue weighted by Crippen LogP contribution is -2.09. The second kappa shape index (κ2) is 5.80. The maximum Gasteiger partial charge on any atom is 0.341 e. The molecule has 0 aliphatic rings. The van der Waals surface area contributed by atoms with Gasteiger partial charge >= 0.3 is 5.97 Å². The van der Waals surface area contributed by atoms with Gasteiger partial charge in [0.2, 0.25) is 0 Å². The molecule has 0 radical (unpaired) electrons. The van der Waals surface area contributed by atoms with Gasteiger partial charge in [0.15, 0.2) is 0 Å². The molecule has 0 fully saturated rings. The van der Waals surface area contributed by atoms with Gasteiger partial charge in [-0.2, -0.15) is 0 Å². The Labute approximate surface area is 98.6 Å². The summed E-state index contributed by atoms with van der Waals surface area (Å²) in [5, 5.41) is -0.0454. The van der Waals surface area contributed by atoms with E-state index in [0.29, 0.717) is 12.5 Å². The number of ether oxygens (including phenoxy) is 1. The Balaban J connectivity index is 2.62. The second-order valence-corrected chi connectivity index (χ2v) is 4.17. The van der Waals surface area contributed by atoms with Gasteiger partial charge in [-0.3, -0.25) is 0 Å². The minimum atomic E-state index is -0.641. The van der Waals surface area contributed by atoms with Crippen LogP contribution in [0.15, 0.2) is 12.3 Å². The van der Waals surface area contributed by atoms with Crippen LogP contribution in [0.1, 0.15) is 30.6 Å². The Kier molecular flexibility index (Phi) is 4.68. The third-order valence-electron chi connectivity index (χ3n) is 1.95. The Bertz CT molecular complexity index is 382. The normalized spacial score (nSPS) is 10.6. The number of esters is 1. The van der Waals surface area contributed by atoms with Gasteiger partial charge in [-0.1, -0.05) is 25.4 Å². The van der Waals surface area contributed by atoms with E-state index in [1.165, 1.54) is 0 Å². The average Bonchev–Trinajstić information content (AvgIpc) is 2.21. The van der Waals surface area contributed by atoms with E-state index in [9.17, 15) is 9.18 Å². The van der Waals surface area contributed by atoms with Gasteiger partial charge in [0.1, 0.15) is 11.0 Å². The first-order chi connectivity index (χ1) is 7.50. The smallest absolute Gasteiger partial charge is 0.341 e. The molecule has 0 aromatic carbocycles. The first-order valence-corrected chi connectivity index (χ1v) is 5.36. The van der Waals surface area contributed by atoms with E-state index in [1.54, 1.807) is 0 Å². The fourth-order valence-corrected chi connectivity index (χ4v) is 1.21. The van der Waals surface area contributed by atoms with Crippen molar-refractivity contribution in [2.45, 2.75) is 20.3 Å². The molecule has 0 unspecified atom stereocenters. The highest BCUT2D eigenvalue weighted by Gasteiger charge is 2.14. The van der Waals surface area contributed by atoms with Crippen LogP contribution in [0, 0.1) is 11.7 Å². The summed E-state index contributed by atoms with van der Waals surface area (Å²) in [6.07, 6.45) is 1.71. The first kappa shape index (κ1) is 12.9. The van der Waals surface area contributed by atoms with Crippen molar-refractivity contribution in [2.75, 3.05) is 6.61 Å². The average molecular weight is 246 g/mol. The van der Waals surface area contributed by atoms with Crippen molar-refractivity contribution in [2.24, 2.45) is 5.92 Å². The molecule has 0 atom stereocenters. The van der Waals surface area contributed by atoms with Crippen LogP contribution in [0.3, 0.4) is 0 Å². The van der Waals surface area contributed by atoms with Gasteiger partial charge in [0.05, 0.1) is 18.4 Å². The van der Waals surface area contributed by atoms with E-state index in [4.69, 9.17) is 16.3 Å². The predicted octanol–water partition coefficient (Wildman–Crippen LogP) is 3.08. The molecule has 0 N–H and O–H groups in total. The van der Waals surface area contributed by atoms with Crippen molar-refractivity contribution in [3.63, 3.8) is 0 Å². The Morgan fingerprint density at radius 3 is 2.94 bits per heavy atom. The molecule has 1 aromatic heterocycles. The van der Waals surface area contributed by atoms with E-state index in [1.807, 2.05) is 13.8 Å². The minimum absolute atomic E-state index is 0.0366. The summed E-state index contributed by atoms with van der Waals surface area (Å²) in [4.78, 5) is 15.0. The number of halogens is 2. The number of nitrogens with zero attached hydrogens (tertiary/aromatic N) is 1. The Morgan fingerprint density at radius 2 is 2.31 bits per heavy atom. The van der Waals surface area contributed by atoms with Gasteiger partial charge in [0.25, 0.3) is 0 Å². The molecule has 1 aromatic rings. The maximum atomic E-state index is 12.8. The van der Waals surface area contributed by atoms with E-state index >= 15 is 0 Å². The molecule has 0 spiro atoms. The van der Waals surface area contributed by atoms with Crippen molar-refractivity contribution >= 4 is 17.6 Å². The standard InChI is InChI=1S/C11H13ClFNO2/c1-7(2)3-4-16-11(15)9-5-8(13)6-14-10(9)12/h5-7H,3-4H2,1-2H3. The molecule has 0 saturated heterocycles. The fourth-order valence-electron chi connectivity index (χ4n) is 1.03. The number of carbonyl (C=O) groups is 1. The van der Waals surface area contributed by atoms with Crippen LogP contribution < -0.4 is 0 Å². The number of hydrogen-bond acceptors (Lipinski definition) is 3. The molecular weight excluding hydrogens is 233 g/mol. The topological polar surface area (TPSA) is 39.2 Å². The molecule has 5 heteroatoms. The summed E-state index contributed by atoms with van der Waals surface area (Å²) < 4.78 is 17.8. The third kappa shape index (κ3) is 3.77. The van der Waals surface area contributed by atoms with Gasteiger partial charge in [-0.15, -0.1) is 0 Å². The fraction of sp³-hybridized carbons (Fsp3) is 0.455. The molecule has 1 heterocycles. The zero-order valence-electron chi connectivity index (χ0n) is 9.17. The lowest BCUT2D eigenvalue weighted by molar-refractivity contribution is 0.0487. The lowest BCUT2D eigenvalue weighted by Gasteiger charge is -2.07. The van der Waals surface area contributed by atoms with Crippen LogP contribution in [0.25, 0.3) is 0 Å². The summed E-state index contributed by atoms with van der Waals surface area (Å²) in [5.74, 6) is -0.813. The maximum absolute atomic E-state index is 12.8. The monoisotopic (exact) mass is 245 g/mol. The summed E-state index contributed by atoms with van der Waals surface area (Å²) in [6, 6.07) is 1.02. The van der Waals surface area contributed by atoms with E-state index < -0.39 is 11.8 Å². The molecule has 3 nitrogen and oxygen atoms in total. The van der Waals surface area contributed by atoms with Crippen molar-refractivity contribution in [3.8, 4) is 0 Å². The molecular formula is C11H13ClFNO2. The van der Waals surface area contributed by atoms with Crippen LogP contribution >= 0.6 is 11.6 Å². The molecule has 0 bridgehead atoms. The molecule has 88 valence electrons. The highest BCUT2D eigenvalue weighted by atomic mass is 35.5. The van der Waals surface area contributed by atoms with Crippen molar-refractivity contribution in [1.82, 2.24) is 4.98 Å². The van der Waals surface area contributed by atoms with Crippen molar-refractivity contribution in [3.05, 3.63) is 28.8 Å². The number of hydrogen-bond donors (Lipinski definition) is 0. The lowest BCUT2D eigenvalue weighted by atomic mass is 10.1. The van der Waals surface area contributed by atoms with Crippen LogP contribution in [-0.2, 0) is 4.74 Å². The van der Waals surface area contributed by atoms with Gasteiger partial charge in [-0.05, 0) is 18.4 Å². The first-order valence-electron chi connectivity index (χ1n) is 4.99. The summed E-state index contributed by atoms with van der Waals surface area (Å²) >= 11 is 5.65. The summed E-state index contributed by atoms with van der Waals surface area (Å²) in [5.41, 5.74) is -0.0366. The van der Waals surface area contributed by atoms with E-state index in [0.717, 1.165) is 18.7 Å². The highest BCUT2D eigenvalue weighted by Crippen LogP contribution is 2.15. The third-order valence-corrected chi connectivity index (χ3v) is 2.26.